The molecule has 0 amide bonds. The molecule has 0 spiro atoms. The molecule has 1 N–H and O–H groups in total. The van der Waals surface area contributed by atoms with Gasteiger partial charge < -0.3 is 10.1 Å². The van der Waals surface area contributed by atoms with Crippen LogP contribution in [0.25, 0.3) is 0 Å². The summed E-state index contributed by atoms with van der Waals surface area (Å²) in [5.74, 6) is 0.985. The molecule has 0 saturated carbocycles. The Bertz CT molecular complexity index is 384. The lowest BCUT2D eigenvalue weighted by Gasteiger charge is -2.19. The zero-order valence-electron chi connectivity index (χ0n) is 10.6. The fourth-order valence-corrected chi connectivity index (χ4v) is 2.69. The summed E-state index contributed by atoms with van der Waals surface area (Å²) in [4.78, 5) is 0. The first-order valence-corrected chi connectivity index (χ1v) is 6.03. The van der Waals surface area contributed by atoms with Gasteiger partial charge in [0.05, 0.1) is 6.61 Å². The molecule has 0 heterocycles. The Morgan fingerprint density at radius 2 is 2.19 bits per heavy atom. The first-order chi connectivity index (χ1) is 7.58. The lowest BCUT2D eigenvalue weighted by molar-refractivity contribution is 0.339. The Balaban J connectivity index is 2.41. The summed E-state index contributed by atoms with van der Waals surface area (Å²) >= 11 is 0. The molecule has 1 aromatic carbocycles. The van der Waals surface area contributed by atoms with Crippen molar-refractivity contribution in [1.82, 2.24) is 5.32 Å². The van der Waals surface area contributed by atoms with Crippen LogP contribution in [0.4, 0.5) is 0 Å². The maximum absolute atomic E-state index is 5.56. The van der Waals surface area contributed by atoms with Gasteiger partial charge >= 0.3 is 0 Å². The van der Waals surface area contributed by atoms with Gasteiger partial charge in [-0.05, 0) is 49.1 Å². The predicted octanol–water partition coefficient (Wildman–Crippen LogP) is 3.03. The van der Waals surface area contributed by atoms with E-state index in [1.165, 1.54) is 11.1 Å². The highest BCUT2D eigenvalue weighted by atomic mass is 16.5. The SMILES string of the molecule is CCOc1ccc2c(c1)C(NC)CC2(C)C. The van der Waals surface area contributed by atoms with Crippen molar-refractivity contribution in [2.75, 3.05) is 13.7 Å². The maximum Gasteiger partial charge on any atom is 0.119 e. The summed E-state index contributed by atoms with van der Waals surface area (Å²) < 4.78 is 5.56. The van der Waals surface area contributed by atoms with Crippen molar-refractivity contribution >= 4 is 0 Å². The highest BCUT2D eigenvalue weighted by Crippen LogP contribution is 2.45. The Hall–Kier alpha value is -1.02. The van der Waals surface area contributed by atoms with Crippen LogP contribution in [0.15, 0.2) is 18.2 Å². The Morgan fingerprint density at radius 3 is 2.81 bits per heavy atom. The monoisotopic (exact) mass is 219 g/mol. The molecule has 1 atom stereocenters. The van der Waals surface area contributed by atoms with Gasteiger partial charge in [-0.2, -0.15) is 0 Å². The average Bonchev–Trinajstić information content (AvgIpc) is 2.51. The van der Waals surface area contributed by atoms with Crippen molar-refractivity contribution in [3.63, 3.8) is 0 Å². The fraction of sp³-hybridized carbons (Fsp3) is 0.571. The molecule has 2 nitrogen and oxygen atoms in total. The van der Waals surface area contributed by atoms with E-state index in [1.54, 1.807) is 0 Å². The van der Waals surface area contributed by atoms with E-state index in [-0.39, 0.29) is 5.41 Å². The standard InChI is InChI=1S/C14H21NO/c1-5-16-10-6-7-12-11(8-10)13(15-4)9-14(12,2)3/h6-8,13,15H,5,9H2,1-4H3. The van der Waals surface area contributed by atoms with Crippen LogP contribution in [0.2, 0.25) is 0 Å². The smallest absolute Gasteiger partial charge is 0.119 e. The Morgan fingerprint density at radius 1 is 1.44 bits per heavy atom. The minimum atomic E-state index is 0.272. The lowest BCUT2D eigenvalue weighted by Crippen LogP contribution is -2.17. The van der Waals surface area contributed by atoms with Crippen LogP contribution >= 0.6 is 0 Å². The number of fused-ring (bicyclic) bond motifs is 1. The van der Waals surface area contributed by atoms with Crippen LogP contribution in [0.5, 0.6) is 5.75 Å². The third-order valence-electron chi connectivity index (χ3n) is 3.50. The minimum Gasteiger partial charge on any atom is -0.494 e. The second-order valence-corrected chi connectivity index (χ2v) is 5.11. The number of nitrogens with one attached hydrogen (secondary N) is 1. The molecule has 1 unspecified atom stereocenters. The van der Waals surface area contributed by atoms with Crippen molar-refractivity contribution in [3.8, 4) is 5.75 Å². The third kappa shape index (κ3) is 1.82. The molecular weight excluding hydrogens is 198 g/mol. The zero-order chi connectivity index (χ0) is 11.8. The maximum atomic E-state index is 5.56. The molecule has 0 radical (unpaired) electrons. The summed E-state index contributed by atoms with van der Waals surface area (Å²) in [5, 5.41) is 3.39. The molecule has 1 aromatic rings. The molecule has 0 saturated heterocycles. The first kappa shape index (κ1) is 11.5. The molecule has 2 rings (SSSR count). The van der Waals surface area contributed by atoms with Crippen LogP contribution < -0.4 is 10.1 Å². The van der Waals surface area contributed by atoms with Gasteiger partial charge in [0, 0.05) is 6.04 Å². The topological polar surface area (TPSA) is 21.3 Å². The van der Waals surface area contributed by atoms with Gasteiger partial charge in [-0.25, -0.2) is 0 Å². The van der Waals surface area contributed by atoms with E-state index in [9.17, 15) is 0 Å². The van der Waals surface area contributed by atoms with Gasteiger partial charge in [0.2, 0.25) is 0 Å². The van der Waals surface area contributed by atoms with Crippen LogP contribution in [0.1, 0.15) is 44.4 Å². The summed E-state index contributed by atoms with van der Waals surface area (Å²) in [6, 6.07) is 6.96. The molecule has 0 aliphatic heterocycles. The summed E-state index contributed by atoms with van der Waals surface area (Å²) in [6.07, 6.45) is 1.16. The summed E-state index contributed by atoms with van der Waals surface area (Å²) in [5.41, 5.74) is 3.13. The highest BCUT2D eigenvalue weighted by Gasteiger charge is 2.36. The second-order valence-electron chi connectivity index (χ2n) is 5.11. The molecule has 0 fully saturated rings. The van der Waals surface area contributed by atoms with E-state index in [2.05, 4.69) is 37.4 Å². The van der Waals surface area contributed by atoms with Crippen LogP contribution in [-0.4, -0.2) is 13.7 Å². The molecule has 1 aliphatic rings. The zero-order valence-corrected chi connectivity index (χ0v) is 10.6. The molecule has 0 bridgehead atoms. The number of hydrogen-bond acceptors (Lipinski definition) is 2. The van der Waals surface area contributed by atoms with Gasteiger partial charge in [0.25, 0.3) is 0 Å². The predicted molar refractivity (Wildman–Crippen MR) is 67.1 cm³/mol. The van der Waals surface area contributed by atoms with Crippen molar-refractivity contribution < 1.29 is 4.74 Å². The van der Waals surface area contributed by atoms with Crippen LogP contribution in [-0.2, 0) is 5.41 Å². The van der Waals surface area contributed by atoms with E-state index in [4.69, 9.17) is 4.74 Å². The average molecular weight is 219 g/mol. The van der Waals surface area contributed by atoms with Crippen molar-refractivity contribution in [3.05, 3.63) is 29.3 Å². The lowest BCUT2D eigenvalue weighted by atomic mass is 9.86. The molecule has 0 aromatic heterocycles. The third-order valence-corrected chi connectivity index (χ3v) is 3.50. The van der Waals surface area contributed by atoms with Gasteiger partial charge in [0.1, 0.15) is 5.75 Å². The normalized spacial score (nSPS) is 21.9. The molecule has 88 valence electrons. The van der Waals surface area contributed by atoms with Gasteiger partial charge in [-0.3, -0.25) is 0 Å². The Kier molecular flexibility index (Phi) is 2.94. The van der Waals surface area contributed by atoms with E-state index < -0.39 is 0 Å². The van der Waals surface area contributed by atoms with E-state index in [1.807, 2.05) is 14.0 Å². The van der Waals surface area contributed by atoms with Crippen LogP contribution in [0, 0.1) is 0 Å². The quantitative estimate of drug-likeness (QED) is 0.843. The van der Waals surface area contributed by atoms with Crippen LogP contribution in [0.3, 0.4) is 0 Å². The Labute approximate surface area is 98.0 Å². The first-order valence-electron chi connectivity index (χ1n) is 6.03. The molecule has 1 aliphatic carbocycles. The fourth-order valence-electron chi connectivity index (χ4n) is 2.69. The largest absolute Gasteiger partial charge is 0.494 e. The van der Waals surface area contributed by atoms with Crippen molar-refractivity contribution in [1.29, 1.82) is 0 Å². The minimum absolute atomic E-state index is 0.272. The molecule has 16 heavy (non-hydrogen) atoms. The molecule has 2 heteroatoms. The number of benzene rings is 1. The second kappa shape index (κ2) is 4.10. The number of rotatable bonds is 3. The van der Waals surface area contributed by atoms with Gasteiger partial charge in [0.15, 0.2) is 0 Å². The summed E-state index contributed by atoms with van der Waals surface area (Å²) in [6.45, 7) is 7.37. The van der Waals surface area contributed by atoms with Crippen molar-refractivity contribution in [2.45, 2.75) is 38.6 Å². The number of hydrogen-bond donors (Lipinski definition) is 1. The van der Waals surface area contributed by atoms with E-state index >= 15 is 0 Å². The van der Waals surface area contributed by atoms with Crippen molar-refractivity contribution in [2.24, 2.45) is 0 Å². The number of ether oxygens (including phenoxy) is 1. The summed E-state index contributed by atoms with van der Waals surface area (Å²) in [7, 11) is 2.03. The highest BCUT2D eigenvalue weighted by molar-refractivity contribution is 5.45. The van der Waals surface area contributed by atoms with Gasteiger partial charge in [-0.1, -0.05) is 19.9 Å². The molecular formula is C14H21NO. The van der Waals surface area contributed by atoms with E-state index in [0.29, 0.717) is 6.04 Å². The van der Waals surface area contributed by atoms with Gasteiger partial charge in [-0.15, -0.1) is 0 Å². The van der Waals surface area contributed by atoms with E-state index in [0.717, 1.165) is 18.8 Å².